The van der Waals surface area contributed by atoms with E-state index in [1.807, 2.05) is 7.05 Å². The lowest BCUT2D eigenvalue weighted by atomic mass is 9.48. The van der Waals surface area contributed by atoms with E-state index in [0.29, 0.717) is 23.7 Å². The number of anilines is 1. The number of aromatic nitrogens is 1. The number of rotatable bonds is 2. The van der Waals surface area contributed by atoms with Gasteiger partial charge < -0.3 is 10.2 Å². The normalized spacial score (nSPS) is 37.3. The number of allylic oxidation sites excluding steroid dienone is 2. The fourth-order valence-electron chi connectivity index (χ4n) is 8.21. The molecule has 2 heterocycles. The van der Waals surface area contributed by atoms with Gasteiger partial charge in [-0.1, -0.05) is 60.6 Å². The molecule has 1 aromatic rings. The number of piperidine rings is 1. The first kappa shape index (κ1) is 24.4. The third-order valence-corrected chi connectivity index (χ3v) is 10.6. The number of halogens is 3. The summed E-state index contributed by atoms with van der Waals surface area (Å²) in [6, 6.07) is 0. The van der Waals surface area contributed by atoms with Gasteiger partial charge in [-0.2, -0.15) is 0 Å². The van der Waals surface area contributed by atoms with Crippen LogP contribution in [0.5, 0.6) is 0 Å². The number of fused-ring (bicyclic) bond motifs is 5. The highest BCUT2D eigenvalue weighted by Gasteiger charge is 2.60. The van der Waals surface area contributed by atoms with Gasteiger partial charge in [-0.15, -0.1) is 0 Å². The Bertz CT molecular complexity index is 1110. The summed E-state index contributed by atoms with van der Waals surface area (Å²) < 4.78 is 0. The highest BCUT2D eigenvalue weighted by molar-refractivity contribution is 6.45. The molecule has 8 heteroatoms. The minimum absolute atomic E-state index is 0.0539. The molecule has 0 bridgehead atoms. The quantitative estimate of drug-likeness (QED) is 0.335. The number of nitrogens with zero attached hydrogens (tertiary/aromatic N) is 2. The van der Waals surface area contributed by atoms with Crippen LogP contribution in [0, 0.1) is 34.5 Å². The molecule has 5 rings (SSSR count). The second-order valence-corrected chi connectivity index (χ2v) is 12.6. The molecule has 0 spiro atoms. The molecule has 1 aromatic heterocycles. The van der Waals surface area contributed by atoms with Crippen molar-refractivity contribution in [1.82, 2.24) is 9.88 Å². The van der Waals surface area contributed by atoms with Crippen molar-refractivity contribution in [2.24, 2.45) is 34.5 Å². The van der Waals surface area contributed by atoms with Crippen LogP contribution >= 0.6 is 34.8 Å². The van der Waals surface area contributed by atoms with Crippen molar-refractivity contribution in [3.8, 4) is 0 Å². The van der Waals surface area contributed by atoms with E-state index in [2.05, 4.69) is 31.1 Å². The van der Waals surface area contributed by atoms with Crippen LogP contribution in [-0.4, -0.2) is 28.7 Å². The smallest absolute Gasteiger partial charge is 0.239 e. The van der Waals surface area contributed by atoms with Crippen molar-refractivity contribution in [3.63, 3.8) is 0 Å². The number of pyridine rings is 1. The molecule has 184 valence electrons. The zero-order chi connectivity index (χ0) is 24.6. The second kappa shape index (κ2) is 8.38. The third-order valence-electron chi connectivity index (χ3n) is 9.61. The Morgan fingerprint density at radius 2 is 1.91 bits per heavy atom. The van der Waals surface area contributed by atoms with E-state index in [4.69, 9.17) is 34.8 Å². The maximum Gasteiger partial charge on any atom is 0.239 e. The molecule has 0 radical (unpaired) electrons. The lowest BCUT2D eigenvalue weighted by molar-refractivity contribution is -0.147. The van der Waals surface area contributed by atoms with Gasteiger partial charge >= 0.3 is 0 Å². The lowest BCUT2D eigenvalue weighted by Gasteiger charge is -2.59. The van der Waals surface area contributed by atoms with E-state index in [9.17, 15) is 9.59 Å². The van der Waals surface area contributed by atoms with Crippen LogP contribution in [0.4, 0.5) is 5.69 Å². The summed E-state index contributed by atoms with van der Waals surface area (Å²) in [5, 5.41) is 3.11. The van der Waals surface area contributed by atoms with E-state index in [-0.39, 0.29) is 32.2 Å². The molecule has 34 heavy (non-hydrogen) atoms. The van der Waals surface area contributed by atoms with Crippen LogP contribution < -0.4 is 5.32 Å². The Hall–Kier alpha value is -1.30. The minimum Gasteiger partial charge on any atom is -0.323 e. The first-order valence-corrected chi connectivity index (χ1v) is 13.4. The monoisotopic (exact) mass is 523 g/mol. The van der Waals surface area contributed by atoms with E-state index in [1.165, 1.54) is 37.5 Å². The molecule has 6 atom stereocenters. The summed E-state index contributed by atoms with van der Waals surface area (Å²) in [5.74, 6) is 0.410. The van der Waals surface area contributed by atoms with Crippen molar-refractivity contribution < 1.29 is 9.59 Å². The molecule has 1 saturated heterocycles. The Morgan fingerprint density at radius 3 is 2.65 bits per heavy atom. The van der Waals surface area contributed by atoms with E-state index in [0.717, 1.165) is 24.5 Å². The predicted molar refractivity (Wildman–Crippen MR) is 136 cm³/mol. The fourth-order valence-corrected chi connectivity index (χ4v) is 8.79. The van der Waals surface area contributed by atoms with Crippen LogP contribution in [-0.2, 0) is 9.59 Å². The van der Waals surface area contributed by atoms with Gasteiger partial charge in [0.2, 0.25) is 11.8 Å². The average molecular weight is 525 g/mol. The predicted octanol–water partition coefficient (Wildman–Crippen LogP) is 6.98. The van der Waals surface area contributed by atoms with E-state index >= 15 is 0 Å². The van der Waals surface area contributed by atoms with Crippen LogP contribution in [0.2, 0.25) is 15.2 Å². The van der Waals surface area contributed by atoms with Gasteiger partial charge in [-0.05, 0) is 68.6 Å². The van der Waals surface area contributed by atoms with Gasteiger partial charge in [-0.3, -0.25) is 9.59 Å². The number of amides is 2. The summed E-state index contributed by atoms with van der Waals surface area (Å²) >= 11 is 18.5. The second-order valence-electron chi connectivity index (χ2n) is 11.4. The Balaban J connectivity index is 1.49. The Kier molecular flexibility index (Phi) is 6.02. The first-order chi connectivity index (χ1) is 16.0. The van der Waals surface area contributed by atoms with Crippen molar-refractivity contribution in [1.29, 1.82) is 0 Å². The minimum atomic E-state index is -0.818. The molecular formula is C26H32Cl3N3O2. The maximum atomic E-state index is 13.5. The maximum absolute atomic E-state index is 13.5. The van der Waals surface area contributed by atoms with E-state index in [1.54, 1.807) is 4.90 Å². The SMILES string of the molecule is CC1=C2N(C)C(=O)C(C(=O)Nc3c(Cl)cnc(Cl)c3Cl)C[C@]2(C)[C@@H]2CC[C@]3(C)CCC[C@H]3[C@@H]2C1. The zero-order valence-electron chi connectivity index (χ0n) is 20.2. The molecule has 1 N–H and O–H groups in total. The summed E-state index contributed by atoms with van der Waals surface area (Å²) in [7, 11) is 1.82. The topological polar surface area (TPSA) is 62.3 Å². The molecule has 1 aliphatic heterocycles. The van der Waals surface area contributed by atoms with Gasteiger partial charge in [-0.25, -0.2) is 4.98 Å². The third kappa shape index (κ3) is 3.52. The number of likely N-dealkylation sites (tertiary alicyclic amines) is 1. The number of hydrogen-bond acceptors (Lipinski definition) is 3. The summed E-state index contributed by atoms with van der Waals surface area (Å²) in [6.07, 6.45) is 9.23. The molecular weight excluding hydrogens is 493 g/mol. The highest BCUT2D eigenvalue weighted by Crippen LogP contribution is 2.66. The van der Waals surface area contributed by atoms with Crippen LogP contribution in [0.25, 0.3) is 0 Å². The molecule has 4 aliphatic rings. The van der Waals surface area contributed by atoms with E-state index < -0.39 is 11.8 Å². The lowest BCUT2D eigenvalue weighted by Crippen LogP contribution is -2.57. The zero-order valence-corrected chi connectivity index (χ0v) is 22.4. The van der Waals surface area contributed by atoms with Gasteiger partial charge in [0.25, 0.3) is 0 Å². The fraction of sp³-hybridized carbons (Fsp3) is 0.654. The van der Waals surface area contributed by atoms with Gasteiger partial charge in [0.1, 0.15) is 16.1 Å². The highest BCUT2D eigenvalue weighted by atomic mass is 35.5. The first-order valence-electron chi connectivity index (χ1n) is 12.3. The molecule has 3 aliphatic carbocycles. The van der Waals surface area contributed by atoms with Crippen molar-refractivity contribution in [2.45, 2.75) is 65.7 Å². The number of carbonyl (C=O) groups is 2. The average Bonchev–Trinajstić information content (AvgIpc) is 3.18. The van der Waals surface area contributed by atoms with Crippen molar-refractivity contribution in [3.05, 3.63) is 32.7 Å². The molecule has 3 fully saturated rings. The molecule has 5 nitrogen and oxygen atoms in total. The summed E-state index contributed by atoms with van der Waals surface area (Å²) in [4.78, 5) is 32.6. The van der Waals surface area contributed by atoms with Gasteiger partial charge in [0.05, 0.1) is 10.7 Å². The number of carbonyl (C=O) groups excluding carboxylic acids is 2. The molecule has 2 saturated carbocycles. The van der Waals surface area contributed by atoms with Crippen LogP contribution in [0.1, 0.15) is 65.7 Å². The molecule has 1 unspecified atom stereocenters. The van der Waals surface area contributed by atoms with Crippen molar-refractivity contribution >= 4 is 52.3 Å². The van der Waals surface area contributed by atoms with Crippen LogP contribution in [0.15, 0.2) is 17.5 Å². The Morgan fingerprint density at radius 1 is 1.18 bits per heavy atom. The largest absolute Gasteiger partial charge is 0.323 e. The number of hydrogen-bond donors (Lipinski definition) is 1. The number of nitrogens with one attached hydrogen (secondary N) is 1. The van der Waals surface area contributed by atoms with Crippen molar-refractivity contribution in [2.75, 3.05) is 12.4 Å². The standard InChI is InChI=1S/C26H32Cl3N3O2/c1-13-10-14-16-6-5-8-25(16,2)9-7-17(14)26(3)11-15(24(34)32(4)21(13)26)23(33)31-20-18(27)12-30-22(29)19(20)28/h12,14-17H,5-11H2,1-4H3,(H,30,31,33)/t14-,15?,16-,17+,25-,26+/m0/s1. The molecule has 0 aromatic carbocycles. The van der Waals surface area contributed by atoms with Gasteiger partial charge in [0.15, 0.2) is 0 Å². The summed E-state index contributed by atoms with van der Waals surface area (Å²) in [6.45, 7) is 6.96. The Labute approximate surface area is 216 Å². The summed E-state index contributed by atoms with van der Waals surface area (Å²) in [5.41, 5.74) is 2.85. The van der Waals surface area contributed by atoms with Gasteiger partial charge in [0, 0.05) is 24.4 Å². The van der Waals surface area contributed by atoms with Crippen LogP contribution in [0.3, 0.4) is 0 Å². The molecule has 2 amide bonds.